The van der Waals surface area contributed by atoms with Gasteiger partial charge in [-0.05, 0) is 24.1 Å². The van der Waals surface area contributed by atoms with Crippen molar-refractivity contribution in [3.05, 3.63) is 41.6 Å². The first-order chi connectivity index (χ1) is 14.5. The fourth-order valence-electron chi connectivity index (χ4n) is 3.85. The van der Waals surface area contributed by atoms with Crippen LogP contribution in [0.5, 0.6) is 5.75 Å². The van der Waals surface area contributed by atoms with Crippen molar-refractivity contribution in [2.45, 2.75) is 19.8 Å². The van der Waals surface area contributed by atoms with E-state index in [2.05, 4.69) is 40.3 Å². The molecule has 0 aromatic carbocycles. The lowest BCUT2D eigenvalue weighted by Gasteiger charge is -2.29. The van der Waals surface area contributed by atoms with Crippen LogP contribution in [0, 0.1) is 5.41 Å². The van der Waals surface area contributed by atoms with E-state index in [4.69, 9.17) is 21.0 Å². The van der Waals surface area contributed by atoms with Crippen LogP contribution >= 0.6 is 0 Å². The second kappa shape index (κ2) is 8.19. The summed E-state index contributed by atoms with van der Waals surface area (Å²) >= 11 is 0. The monoisotopic (exact) mass is 408 g/mol. The third kappa shape index (κ3) is 3.63. The van der Waals surface area contributed by atoms with Crippen LogP contribution in [0.1, 0.15) is 25.3 Å². The van der Waals surface area contributed by atoms with Crippen molar-refractivity contribution in [2.24, 2.45) is 0 Å². The Bertz CT molecular complexity index is 1080. The van der Waals surface area contributed by atoms with Gasteiger partial charge in [0, 0.05) is 43.5 Å². The highest BCUT2D eigenvalue weighted by Crippen LogP contribution is 2.35. The van der Waals surface area contributed by atoms with Crippen LogP contribution in [-0.4, -0.2) is 53.1 Å². The van der Waals surface area contributed by atoms with Gasteiger partial charge in [-0.15, -0.1) is 0 Å². The number of nitrogens with zero attached hydrogens (tertiary/aromatic N) is 4. The number of nitrogens with two attached hydrogens (primary N) is 1. The van der Waals surface area contributed by atoms with Gasteiger partial charge in [0.1, 0.15) is 5.69 Å². The Morgan fingerprint density at radius 2 is 2.00 bits per heavy atom. The summed E-state index contributed by atoms with van der Waals surface area (Å²) in [5.41, 5.74) is 5.60. The molecule has 30 heavy (non-hydrogen) atoms. The van der Waals surface area contributed by atoms with Gasteiger partial charge in [-0.1, -0.05) is 13.8 Å². The molecule has 0 radical (unpaired) electrons. The lowest BCUT2D eigenvalue weighted by atomic mass is 9.96. The summed E-state index contributed by atoms with van der Waals surface area (Å²) in [7, 11) is 1.53. The number of nitrogens with one attached hydrogen (secondary N) is 3. The summed E-state index contributed by atoms with van der Waals surface area (Å²) in [5.74, 6) is 6.57. The van der Waals surface area contributed by atoms with Crippen LogP contribution in [-0.2, 0) is 0 Å². The number of hydrogen-bond acceptors (Lipinski definition) is 7. The van der Waals surface area contributed by atoms with Crippen molar-refractivity contribution in [3.63, 3.8) is 0 Å². The minimum absolute atomic E-state index is 0.109. The molecule has 4 heterocycles. The van der Waals surface area contributed by atoms with Gasteiger partial charge in [-0.25, -0.2) is 4.68 Å². The number of anilines is 1. The van der Waals surface area contributed by atoms with Crippen LogP contribution in [0.2, 0.25) is 0 Å². The summed E-state index contributed by atoms with van der Waals surface area (Å²) in [4.78, 5) is 7.05. The molecule has 5 N–H and O–H groups in total. The van der Waals surface area contributed by atoms with Crippen molar-refractivity contribution in [1.82, 2.24) is 25.2 Å². The number of ether oxygens (including phenoxy) is 1. The number of aromatic nitrogens is 4. The maximum absolute atomic E-state index is 8.01. The molecule has 9 heteroatoms. The predicted octanol–water partition coefficient (Wildman–Crippen LogP) is 1.68. The van der Waals surface area contributed by atoms with Crippen molar-refractivity contribution < 1.29 is 4.74 Å². The van der Waals surface area contributed by atoms with E-state index >= 15 is 0 Å². The lowest BCUT2D eigenvalue weighted by Crippen LogP contribution is -2.43. The van der Waals surface area contributed by atoms with Gasteiger partial charge in [-0.2, -0.15) is 5.10 Å². The van der Waals surface area contributed by atoms with E-state index < -0.39 is 0 Å². The van der Waals surface area contributed by atoms with E-state index in [0.717, 1.165) is 60.1 Å². The molecule has 4 rings (SSSR count). The molecule has 0 amide bonds. The molecule has 0 saturated carbocycles. The normalized spacial score (nSPS) is 14.3. The first kappa shape index (κ1) is 20.0. The highest BCUT2D eigenvalue weighted by atomic mass is 16.5. The van der Waals surface area contributed by atoms with E-state index in [1.165, 1.54) is 11.8 Å². The Kier molecular flexibility index (Phi) is 5.45. The predicted molar refractivity (Wildman–Crippen MR) is 117 cm³/mol. The van der Waals surface area contributed by atoms with E-state index in [0.29, 0.717) is 5.75 Å². The zero-order valence-electron chi connectivity index (χ0n) is 17.6. The zero-order chi connectivity index (χ0) is 21.3. The van der Waals surface area contributed by atoms with Crippen LogP contribution in [0.4, 0.5) is 5.69 Å². The summed E-state index contributed by atoms with van der Waals surface area (Å²) in [6.45, 7) is 8.20. The van der Waals surface area contributed by atoms with Crippen molar-refractivity contribution in [2.75, 3.05) is 44.0 Å². The largest absolute Gasteiger partial charge is 0.493 e. The SMILES string of the molecule is COc1cc(-c2[nH]nc(-c3ccc(N4CCNCC4)cn3)c2C(C)C)cn(N)c1=N. The second-order valence-corrected chi connectivity index (χ2v) is 7.71. The molecular formula is C21H28N8O. The van der Waals surface area contributed by atoms with Gasteiger partial charge in [-0.3, -0.25) is 15.5 Å². The van der Waals surface area contributed by atoms with Crippen LogP contribution in [0.3, 0.4) is 0 Å². The van der Waals surface area contributed by atoms with Gasteiger partial charge < -0.3 is 20.8 Å². The number of piperazine rings is 1. The fraction of sp³-hybridized carbons (Fsp3) is 0.381. The van der Waals surface area contributed by atoms with Gasteiger partial charge in [0.15, 0.2) is 11.2 Å². The number of methoxy groups -OCH3 is 1. The minimum Gasteiger partial charge on any atom is -0.493 e. The van der Waals surface area contributed by atoms with Gasteiger partial charge in [0.2, 0.25) is 0 Å². The minimum atomic E-state index is 0.109. The van der Waals surface area contributed by atoms with E-state index in [-0.39, 0.29) is 11.4 Å². The number of pyridine rings is 2. The Hall–Kier alpha value is -3.33. The average Bonchev–Trinajstić information content (AvgIpc) is 3.22. The Balaban J connectivity index is 1.73. The maximum Gasteiger partial charge on any atom is 0.186 e. The molecule has 0 atom stereocenters. The number of nitrogen functional groups attached to an aromatic ring is 1. The standard InChI is InChI=1S/C21H28N8O/c1-13(2)18-19(14-10-17(30-3)21(22)29(23)12-14)26-27-20(18)16-5-4-15(11-25-16)28-8-6-24-7-9-28/h4-5,10-13,22,24H,6-9,23H2,1-3H3,(H,26,27). The van der Waals surface area contributed by atoms with E-state index in [1.54, 1.807) is 12.3 Å². The quantitative estimate of drug-likeness (QED) is 0.477. The first-order valence-electron chi connectivity index (χ1n) is 10.1. The number of rotatable bonds is 5. The van der Waals surface area contributed by atoms with Crippen molar-refractivity contribution >= 4 is 5.69 Å². The molecule has 3 aromatic heterocycles. The van der Waals surface area contributed by atoms with Crippen molar-refractivity contribution in [1.29, 1.82) is 5.41 Å². The molecule has 3 aromatic rings. The Morgan fingerprint density at radius 3 is 2.63 bits per heavy atom. The van der Waals surface area contributed by atoms with Crippen LogP contribution in [0.25, 0.3) is 22.6 Å². The smallest absolute Gasteiger partial charge is 0.186 e. The maximum atomic E-state index is 8.01. The Morgan fingerprint density at radius 1 is 1.23 bits per heavy atom. The molecule has 1 saturated heterocycles. The molecule has 1 aliphatic rings. The topological polar surface area (TPSA) is 121 Å². The van der Waals surface area contributed by atoms with Gasteiger partial charge in [0.05, 0.1) is 30.4 Å². The highest BCUT2D eigenvalue weighted by molar-refractivity contribution is 5.74. The third-order valence-corrected chi connectivity index (χ3v) is 5.42. The number of H-pyrrole nitrogens is 1. The van der Waals surface area contributed by atoms with E-state index in [1.807, 2.05) is 12.3 Å². The van der Waals surface area contributed by atoms with Gasteiger partial charge >= 0.3 is 0 Å². The zero-order valence-corrected chi connectivity index (χ0v) is 17.6. The first-order valence-corrected chi connectivity index (χ1v) is 10.1. The Labute approximate surface area is 175 Å². The molecule has 0 unspecified atom stereocenters. The van der Waals surface area contributed by atoms with Crippen molar-refractivity contribution in [3.8, 4) is 28.4 Å². The van der Waals surface area contributed by atoms with Gasteiger partial charge in [0.25, 0.3) is 0 Å². The summed E-state index contributed by atoms with van der Waals surface area (Å²) < 4.78 is 6.56. The summed E-state index contributed by atoms with van der Waals surface area (Å²) in [6.07, 6.45) is 3.62. The molecule has 0 bridgehead atoms. The van der Waals surface area contributed by atoms with E-state index in [9.17, 15) is 0 Å². The number of hydrogen-bond donors (Lipinski definition) is 4. The molecule has 0 aliphatic carbocycles. The lowest BCUT2D eigenvalue weighted by molar-refractivity contribution is 0.402. The second-order valence-electron chi connectivity index (χ2n) is 7.71. The molecule has 9 nitrogen and oxygen atoms in total. The highest BCUT2D eigenvalue weighted by Gasteiger charge is 2.21. The molecule has 158 valence electrons. The molecule has 1 aliphatic heterocycles. The average molecular weight is 409 g/mol. The van der Waals surface area contributed by atoms with Crippen LogP contribution < -0.4 is 26.3 Å². The summed E-state index contributed by atoms with van der Waals surface area (Å²) in [5, 5.41) is 19.1. The molecular weight excluding hydrogens is 380 g/mol. The van der Waals surface area contributed by atoms with Crippen LogP contribution in [0.15, 0.2) is 30.6 Å². The molecule has 0 spiro atoms. The molecule has 1 fully saturated rings. The fourth-order valence-corrected chi connectivity index (χ4v) is 3.85. The summed E-state index contributed by atoms with van der Waals surface area (Å²) in [6, 6.07) is 5.94. The number of aromatic amines is 1. The third-order valence-electron chi connectivity index (χ3n) is 5.42.